The summed E-state index contributed by atoms with van der Waals surface area (Å²) < 4.78 is 61.3. The number of carboxylic acid groups (broad SMARTS) is 2. The van der Waals surface area contributed by atoms with Gasteiger partial charge in [0.15, 0.2) is 0 Å². The molecule has 40 heavy (non-hydrogen) atoms. The summed E-state index contributed by atoms with van der Waals surface area (Å²) in [6.07, 6.45) is 6.47. The molecule has 0 unspecified atom stereocenters. The van der Waals surface area contributed by atoms with Gasteiger partial charge in [0.1, 0.15) is 0 Å². The molecule has 0 saturated carbocycles. The number of aliphatic carboxylic acids is 2. The summed E-state index contributed by atoms with van der Waals surface area (Å²) in [5.74, 6) is 2.42. The van der Waals surface area contributed by atoms with E-state index in [2.05, 4.69) is 11.8 Å². The number of carboxylic acids is 2. The molecule has 0 heterocycles. The third-order valence-electron chi connectivity index (χ3n) is 5.88. The zero-order valence-electron chi connectivity index (χ0n) is 21.6. The minimum atomic E-state index is -5.52. The highest BCUT2D eigenvalue weighted by Gasteiger charge is 2.46. The predicted molar refractivity (Wildman–Crippen MR) is 139 cm³/mol. The van der Waals surface area contributed by atoms with Crippen LogP contribution in [0.3, 0.4) is 0 Å². The summed E-state index contributed by atoms with van der Waals surface area (Å²) in [6.45, 7) is -0.369. The van der Waals surface area contributed by atoms with E-state index in [0.717, 1.165) is 66.8 Å². The second-order valence-electron chi connectivity index (χ2n) is 9.07. The van der Waals surface area contributed by atoms with E-state index >= 15 is 0 Å². The van der Waals surface area contributed by atoms with Gasteiger partial charge in [0, 0.05) is 31.5 Å². The predicted octanol–water partition coefficient (Wildman–Crippen LogP) is 5.15. The lowest BCUT2D eigenvalue weighted by Gasteiger charge is -2.21. The number of benzene rings is 2. The van der Waals surface area contributed by atoms with Crippen molar-refractivity contribution in [3.63, 3.8) is 0 Å². The number of rotatable bonds is 13. The van der Waals surface area contributed by atoms with Crippen LogP contribution >= 0.6 is 0 Å². The number of hydrogen-bond donors (Lipinski definition) is 2. The number of nitrogens with zero attached hydrogens (tertiary/aromatic N) is 1. The number of hydrogen-bond acceptors (Lipinski definition) is 5. The van der Waals surface area contributed by atoms with Crippen LogP contribution in [-0.4, -0.2) is 46.9 Å². The minimum Gasteiger partial charge on any atom is -0.481 e. The van der Waals surface area contributed by atoms with E-state index in [1.54, 1.807) is 24.3 Å². The quantitative estimate of drug-likeness (QED) is 0.190. The first-order valence-electron chi connectivity index (χ1n) is 12.5. The van der Waals surface area contributed by atoms with Crippen LogP contribution < -0.4 is 0 Å². The molecule has 0 aromatic heterocycles. The first-order chi connectivity index (χ1) is 18.8. The molecule has 0 aliphatic heterocycles. The summed E-state index contributed by atoms with van der Waals surface area (Å²) >= 11 is 0. The number of amides is 1. The molecule has 0 aliphatic carbocycles. The van der Waals surface area contributed by atoms with Crippen molar-refractivity contribution in [3.05, 3.63) is 65.2 Å². The zero-order chi connectivity index (χ0) is 29.8. The Morgan fingerprint density at radius 3 is 1.77 bits per heavy atom. The molecular formula is C28H30F3NO7S. The lowest BCUT2D eigenvalue weighted by molar-refractivity contribution is -0.156. The first kappa shape index (κ1) is 32.4. The molecule has 12 heteroatoms. The highest BCUT2D eigenvalue weighted by Crippen LogP contribution is 2.30. The van der Waals surface area contributed by atoms with Crippen LogP contribution in [0.2, 0.25) is 0 Å². The average Bonchev–Trinajstić information content (AvgIpc) is 2.89. The lowest BCUT2D eigenvalue weighted by Crippen LogP contribution is -2.35. The normalized spacial score (nSPS) is 11.4. The third kappa shape index (κ3) is 10.4. The van der Waals surface area contributed by atoms with E-state index in [4.69, 9.17) is 5.11 Å². The van der Waals surface area contributed by atoms with E-state index in [9.17, 15) is 41.1 Å². The summed E-state index contributed by atoms with van der Waals surface area (Å²) in [7, 11) is -5.52. The number of sulfone groups is 1. The molecule has 0 aliphatic rings. The Balaban J connectivity index is 1.93. The number of carbonyl (C=O) groups excluding carboxylic acids is 1. The topological polar surface area (TPSA) is 129 Å². The molecule has 8 nitrogen and oxygen atoms in total. The van der Waals surface area contributed by atoms with Gasteiger partial charge in [0.25, 0.3) is 9.84 Å². The summed E-state index contributed by atoms with van der Waals surface area (Å²) in [6, 6.07) is 10.5. The van der Waals surface area contributed by atoms with Gasteiger partial charge in [-0.2, -0.15) is 13.2 Å². The SMILES string of the molecule is O=C(O)CCCCCCCCC#Cc1ccc(CN(Cc2ccc(S(=O)(=O)C(F)(F)F)cc2)C(=O)C(=O)O)cc1. The van der Waals surface area contributed by atoms with Crippen molar-refractivity contribution in [2.45, 2.75) is 74.9 Å². The van der Waals surface area contributed by atoms with E-state index in [1.165, 1.54) is 0 Å². The largest absolute Gasteiger partial charge is 0.501 e. The molecule has 0 fully saturated rings. The van der Waals surface area contributed by atoms with Gasteiger partial charge in [0.2, 0.25) is 0 Å². The molecule has 2 aromatic rings. The van der Waals surface area contributed by atoms with Gasteiger partial charge in [-0.15, -0.1) is 0 Å². The maximum Gasteiger partial charge on any atom is 0.501 e. The first-order valence-corrected chi connectivity index (χ1v) is 14.0. The van der Waals surface area contributed by atoms with Gasteiger partial charge in [-0.25, -0.2) is 13.2 Å². The highest BCUT2D eigenvalue weighted by atomic mass is 32.2. The summed E-state index contributed by atoms with van der Waals surface area (Å²) in [5.41, 5.74) is -3.88. The molecule has 0 atom stereocenters. The van der Waals surface area contributed by atoms with Gasteiger partial charge in [-0.3, -0.25) is 9.59 Å². The third-order valence-corrected chi connectivity index (χ3v) is 7.39. The molecule has 0 radical (unpaired) electrons. The van der Waals surface area contributed by atoms with Gasteiger partial charge < -0.3 is 15.1 Å². The second kappa shape index (κ2) is 15.1. The maximum absolute atomic E-state index is 12.8. The lowest BCUT2D eigenvalue weighted by atomic mass is 10.1. The Morgan fingerprint density at radius 1 is 0.775 bits per heavy atom. The van der Waals surface area contributed by atoms with Crippen LogP contribution in [0.4, 0.5) is 13.2 Å². The number of unbranched alkanes of at least 4 members (excludes halogenated alkanes) is 6. The van der Waals surface area contributed by atoms with Crippen LogP contribution in [0.5, 0.6) is 0 Å². The standard InChI is InChI=1S/C28H30F3NO7S/c29-28(30,31)40(38,39)24-17-15-23(16-18-24)20-32(26(35)27(36)37)19-22-13-11-21(12-14-22)9-7-5-3-1-2-4-6-8-10-25(33)34/h11-18H,1-6,8,10,19-20H2,(H,33,34)(H,36,37). The molecule has 0 spiro atoms. The highest BCUT2D eigenvalue weighted by molar-refractivity contribution is 7.92. The van der Waals surface area contributed by atoms with Crippen LogP contribution in [-0.2, 0) is 37.3 Å². The van der Waals surface area contributed by atoms with Gasteiger partial charge in [0.05, 0.1) is 4.90 Å². The Bertz CT molecular complexity index is 1330. The van der Waals surface area contributed by atoms with Crippen molar-refractivity contribution in [3.8, 4) is 11.8 Å². The van der Waals surface area contributed by atoms with Crippen LogP contribution in [0.15, 0.2) is 53.4 Å². The summed E-state index contributed by atoms with van der Waals surface area (Å²) in [5, 5.41) is 17.8. The Kier molecular flexibility index (Phi) is 12.2. The minimum absolute atomic E-state index is 0.103. The zero-order valence-corrected chi connectivity index (χ0v) is 22.4. The van der Waals surface area contributed by atoms with E-state index in [0.29, 0.717) is 18.4 Å². The van der Waals surface area contributed by atoms with Crippen LogP contribution in [0, 0.1) is 11.8 Å². The Hall–Kier alpha value is -3.85. The fourth-order valence-corrected chi connectivity index (χ4v) is 4.50. The number of carbonyl (C=O) groups is 3. The summed E-state index contributed by atoms with van der Waals surface area (Å²) in [4.78, 5) is 34.1. The van der Waals surface area contributed by atoms with Crippen molar-refractivity contribution in [1.29, 1.82) is 0 Å². The molecule has 216 valence electrons. The molecule has 0 bridgehead atoms. The fourth-order valence-electron chi connectivity index (χ4n) is 3.74. The molecule has 0 saturated heterocycles. The van der Waals surface area contributed by atoms with Crippen molar-refractivity contribution in [2.24, 2.45) is 0 Å². The van der Waals surface area contributed by atoms with Crippen molar-refractivity contribution in [2.75, 3.05) is 0 Å². The Labute approximate surface area is 230 Å². The smallest absolute Gasteiger partial charge is 0.481 e. The molecule has 2 rings (SSSR count). The van der Waals surface area contributed by atoms with Crippen molar-refractivity contribution in [1.82, 2.24) is 4.90 Å². The fraction of sp³-hybridized carbons (Fsp3) is 0.393. The molecule has 1 amide bonds. The van der Waals surface area contributed by atoms with Gasteiger partial charge in [-0.1, -0.05) is 61.8 Å². The van der Waals surface area contributed by atoms with Gasteiger partial charge in [-0.05, 0) is 48.2 Å². The maximum atomic E-state index is 12.8. The van der Waals surface area contributed by atoms with Crippen LogP contribution in [0.25, 0.3) is 0 Å². The molecular weight excluding hydrogens is 551 g/mol. The number of alkyl halides is 3. The van der Waals surface area contributed by atoms with E-state index in [1.807, 2.05) is 0 Å². The van der Waals surface area contributed by atoms with Gasteiger partial charge >= 0.3 is 23.4 Å². The second-order valence-corrected chi connectivity index (χ2v) is 11.0. The van der Waals surface area contributed by atoms with Crippen molar-refractivity contribution >= 4 is 27.7 Å². The molecule has 2 N–H and O–H groups in total. The number of halogens is 3. The van der Waals surface area contributed by atoms with E-state index < -0.39 is 38.1 Å². The average molecular weight is 582 g/mol. The van der Waals surface area contributed by atoms with E-state index in [-0.39, 0.29) is 25.1 Å². The molecule has 2 aromatic carbocycles. The Morgan fingerprint density at radius 2 is 1.27 bits per heavy atom. The van der Waals surface area contributed by atoms with Crippen molar-refractivity contribution < 1.29 is 46.2 Å². The van der Waals surface area contributed by atoms with Crippen LogP contribution in [0.1, 0.15) is 68.1 Å². The monoisotopic (exact) mass is 581 g/mol.